The molecular weight excluding hydrogens is 429 g/mol. The van der Waals surface area contributed by atoms with Crippen LogP contribution in [0.5, 0.6) is 0 Å². The van der Waals surface area contributed by atoms with Crippen molar-refractivity contribution in [1.82, 2.24) is 0 Å². The number of alkyl halides is 2. The standard InChI is InChI=1S/C26H19Cl2NO2/c1-14-11-15(2)13-16(12-14)29-23(30)21-22(24(29)31)26(28)18-8-4-3-7-17(18)25(21,27)19-9-5-6-10-20(19)26/h3-13,21-22H,1-2H3/t21-,22-,25?,26?/m1/s1. The predicted octanol–water partition coefficient (Wildman–Crippen LogP) is 5.40. The van der Waals surface area contributed by atoms with E-state index in [0.29, 0.717) is 5.69 Å². The number of hydrogen-bond donors (Lipinski definition) is 0. The fourth-order valence-corrected chi connectivity index (χ4v) is 7.10. The number of carbonyl (C=O) groups excluding carboxylic acids is 2. The van der Waals surface area contributed by atoms with Gasteiger partial charge in [-0.3, -0.25) is 9.59 Å². The molecule has 1 heterocycles. The summed E-state index contributed by atoms with van der Waals surface area (Å²) in [4.78, 5) is 26.8. The minimum Gasteiger partial charge on any atom is -0.274 e. The van der Waals surface area contributed by atoms with Crippen LogP contribution < -0.4 is 4.90 Å². The van der Waals surface area contributed by atoms with Crippen molar-refractivity contribution in [3.63, 3.8) is 0 Å². The number of aryl methyl sites for hydroxylation is 2. The van der Waals surface area contributed by atoms with E-state index in [0.717, 1.165) is 33.4 Å². The number of halogens is 2. The van der Waals surface area contributed by atoms with Crippen molar-refractivity contribution >= 4 is 40.7 Å². The van der Waals surface area contributed by atoms with Crippen molar-refractivity contribution in [2.24, 2.45) is 11.8 Å². The lowest BCUT2D eigenvalue weighted by Crippen LogP contribution is -2.57. The SMILES string of the molecule is Cc1cc(C)cc(N2C(=O)[C@H]3[C@H](C2=O)C2(Cl)c4ccccc4C3(Cl)c3ccccc32)c1. The fourth-order valence-electron chi connectivity index (χ4n) is 6.00. The van der Waals surface area contributed by atoms with Crippen LogP contribution in [0.3, 0.4) is 0 Å². The van der Waals surface area contributed by atoms with Gasteiger partial charge in [-0.2, -0.15) is 0 Å². The monoisotopic (exact) mass is 447 g/mol. The zero-order valence-corrected chi connectivity index (χ0v) is 18.5. The lowest BCUT2D eigenvalue weighted by Gasteiger charge is -2.54. The zero-order chi connectivity index (χ0) is 21.7. The molecule has 0 spiro atoms. The van der Waals surface area contributed by atoms with E-state index in [2.05, 4.69) is 0 Å². The summed E-state index contributed by atoms with van der Waals surface area (Å²) in [6, 6.07) is 21.1. The van der Waals surface area contributed by atoms with Crippen LogP contribution in [0.1, 0.15) is 33.4 Å². The summed E-state index contributed by atoms with van der Waals surface area (Å²) in [7, 11) is 0. The van der Waals surface area contributed by atoms with E-state index in [1.807, 2.05) is 80.6 Å². The van der Waals surface area contributed by atoms with Crippen LogP contribution in [0, 0.1) is 25.7 Å². The van der Waals surface area contributed by atoms with Crippen LogP contribution in [-0.4, -0.2) is 11.8 Å². The highest BCUT2D eigenvalue weighted by atomic mass is 35.5. The van der Waals surface area contributed by atoms with E-state index in [4.69, 9.17) is 23.2 Å². The van der Waals surface area contributed by atoms with E-state index < -0.39 is 21.6 Å². The molecule has 0 saturated carbocycles. The van der Waals surface area contributed by atoms with Gasteiger partial charge in [0.15, 0.2) is 0 Å². The summed E-state index contributed by atoms with van der Waals surface area (Å²) < 4.78 is 0. The molecule has 5 heteroatoms. The Morgan fingerprint density at radius 2 is 1.03 bits per heavy atom. The summed E-state index contributed by atoms with van der Waals surface area (Å²) in [6.07, 6.45) is 0. The Balaban J connectivity index is 1.66. The van der Waals surface area contributed by atoms with Crippen LogP contribution in [-0.2, 0) is 19.3 Å². The number of hydrogen-bond acceptors (Lipinski definition) is 2. The smallest absolute Gasteiger partial charge is 0.240 e. The van der Waals surface area contributed by atoms with E-state index in [1.54, 1.807) is 0 Å². The molecular formula is C26H19Cl2NO2. The third kappa shape index (κ3) is 2.11. The maximum absolute atomic E-state index is 13.9. The van der Waals surface area contributed by atoms with Gasteiger partial charge in [-0.1, -0.05) is 54.6 Å². The zero-order valence-electron chi connectivity index (χ0n) is 17.0. The molecule has 31 heavy (non-hydrogen) atoms. The molecule has 4 aliphatic rings. The van der Waals surface area contributed by atoms with E-state index >= 15 is 0 Å². The third-order valence-electron chi connectivity index (χ3n) is 7.05. The Morgan fingerprint density at radius 3 is 1.39 bits per heavy atom. The second-order valence-corrected chi connectivity index (χ2v) is 10.0. The highest BCUT2D eigenvalue weighted by molar-refractivity contribution is 6.38. The van der Waals surface area contributed by atoms with Crippen LogP contribution >= 0.6 is 23.2 Å². The Bertz CT molecular complexity index is 1170. The van der Waals surface area contributed by atoms with Crippen molar-refractivity contribution in [3.8, 4) is 0 Å². The third-order valence-corrected chi connectivity index (χ3v) is 8.33. The van der Waals surface area contributed by atoms with Gasteiger partial charge in [-0.15, -0.1) is 23.2 Å². The molecule has 1 fully saturated rings. The average Bonchev–Trinajstić information content (AvgIpc) is 3.02. The van der Waals surface area contributed by atoms with Crippen LogP contribution in [0.4, 0.5) is 5.69 Å². The predicted molar refractivity (Wildman–Crippen MR) is 122 cm³/mol. The normalized spacial score (nSPS) is 30.3. The maximum atomic E-state index is 13.9. The molecule has 3 aliphatic carbocycles. The van der Waals surface area contributed by atoms with Gasteiger partial charge in [0.05, 0.1) is 17.5 Å². The topological polar surface area (TPSA) is 37.4 Å². The number of nitrogens with zero attached hydrogens (tertiary/aromatic N) is 1. The van der Waals surface area contributed by atoms with Gasteiger partial charge in [-0.25, -0.2) is 4.90 Å². The lowest BCUT2D eigenvalue weighted by molar-refractivity contribution is -0.122. The first kappa shape index (κ1) is 19.1. The van der Waals surface area contributed by atoms with Gasteiger partial charge >= 0.3 is 0 Å². The number of rotatable bonds is 1. The highest BCUT2D eigenvalue weighted by Crippen LogP contribution is 2.69. The van der Waals surface area contributed by atoms with E-state index in [1.165, 1.54) is 4.90 Å². The number of carbonyl (C=O) groups is 2. The highest BCUT2D eigenvalue weighted by Gasteiger charge is 2.73. The minimum absolute atomic E-state index is 0.288. The molecule has 7 rings (SSSR count). The van der Waals surface area contributed by atoms with Gasteiger partial charge in [0, 0.05) is 0 Å². The van der Waals surface area contributed by atoms with Crippen molar-refractivity contribution < 1.29 is 9.59 Å². The quantitative estimate of drug-likeness (QED) is 0.369. The van der Waals surface area contributed by atoms with Crippen LogP contribution in [0.2, 0.25) is 0 Å². The minimum atomic E-state index is -1.14. The molecule has 3 aromatic rings. The number of benzene rings is 3. The molecule has 0 unspecified atom stereocenters. The lowest BCUT2D eigenvalue weighted by atomic mass is 9.54. The van der Waals surface area contributed by atoms with Gasteiger partial charge < -0.3 is 0 Å². The van der Waals surface area contributed by atoms with Crippen molar-refractivity contribution in [2.45, 2.75) is 23.6 Å². The second-order valence-electron chi connectivity index (χ2n) is 8.83. The molecule has 154 valence electrons. The molecule has 0 N–H and O–H groups in total. The summed E-state index contributed by atoms with van der Waals surface area (Å²) in [6.45, 7) is 3.91. The largest absolute Gasteiger partial charge is 0.274 e. The molecule has 3 nitrogen and oxygen atoms in total. The molecule has 1 aliphatic heterocycles. The molecule has 3 aromatic carbocycles. The van der Waals surface area contributed by atoms with E-state index in [9.17, 15) is 9.59 Å². The number of amides is 2. The summed E-state index contributed by atoms with van der Waals surface area (Å²) in [5, 5.41) is 0. The van der Waals surface area contributed by atoms with Crippen molar-refractivity contribution in [1.29, 1.82) is 0 Å². The number of anilines is 1. The summed E-state index contributed by atoms with van der Waals surface area (Å²) in [5.74, 6) is -2.12. The van der Waals surface area contributed by atoms with Crippen LogP contribution in [0.25, 0.3) is 0 Å². The van der Waals surface area contributed by atoms with Gasteiger partial charge in [0.2, 0.25) is 11.8 Å². The molecule has 0 radical (unpaired) electrons. The van der Waals surface area contributed by atoms with Crippen molar-refractivity contribution in [3.05, 3.63) is 100 Å². The Morgan fingerprint density at radius 1 is 0.677 bits per heavy atom. The van der Waals surface area contributed by atoms with E-state index in [-0.39, 0.29) is 11.8 Å². The Hall–Kier alpha value is -2.62. The molecule has 0 aromatic heterocycles. The summed E-state index contributed by atoms with van der Waals surface area (Å²) in [5.41, 5.74) is 5.81. The summed E-state index contributed by atoms with van der Waals surface area (Å²) >= 11 is 14.9. The molecule has 1 saturated heterocycles. The average molecular weight is 448 g/mol. The molecule has 2 amide bonds. The van der Waals surface area contributed by atoms with Crippen LogP contribution in [0.15, 0.2) is 66.7 Å². The number of imide groups is 1. The Kier molecular flexibility index (Phi) is 3.69. The van der Waals surface area contributed by atoms with Crippen molar-refractivity contribution in [2.75, 3.05) is 4.90 Å². The van der Waals surface area contributed by atoms with Gasteiger partial charge in [0.1, 0.15) is 9.75 Å². The van der Waals surface area contributed by atoms with Gasteiger partial charge in [-0.05, 0) is 59.4 Å². The fraction of sp³-hybridized carbons (Fsp3) is 0.231. The second kappa shape index (κ2) is 5.99. The Labute approximate surface area is 190 Å². The first-order valence-corrected chi connectivity index (χ1v) is 11.1. The van der Waals surface area contributed by atoms with Gasteiger partial charge in [0.25, 0.3) is 0 Å². The first-order valence-electron chi connectivity index (χ1n) is 10.3. The maximum Gasteiger partial charge on any atom is 0.240 e. The molecule has 2 bridgehead atoms. The first-order chi connectivity index (χ1) is 14.8. The molecule has 2 atom stereocenters.